The van der Waals surface area contributed by atoms with Crippen LogP contribution in [0.3, 0.4) is 0 Å². The van der Waals surface area contributed by atoms with E-state index in [1.807, 2.05) is 18.2 Å². The topological polar surface area (TPSA) is 66.0 Å². The van der Waals surface area contributed by atoms with Crippen LogP contribution in [0.2, 0.25) is 0 Å². The lowest BCUT2D eigenvalue weighted by Gasteiger charge is -2.21. The van der Waals surface area contributed by atoms with Gasteiger partial charge in [0.25, 0.3) is 0 Å². The van der Waals surface area contributed by atoms with Crippen LogP contribution in [-0.2, 0) is 4.79 Å². The van der Waals surface area contributed by atoms with Gasteiger partial charge < -0.3 is 16.0 Å². The van der Waals surface area contributed by atoms with E-state index in [0.29, 0.717) is 13.0 Å². The van der Waals surface area contributed by atoms with Crippen molar-refractivity contribution in [3.05, 3.63) is 83.3 Å². The lowest BCUT2D eigenvalue weighted by molar-refractivity contribution is -0.123. The number of nitrogens with one attached hydrogen (secondary N) is 3. The van der Waals surface area contributed by atoms with Gasteiger partial charge in [-0.15, -0.1) is 0 Å². The minimum absolute atomic E-state index is 0.0979. The van der Waals surface area contributed by atoms with Gasteiger partial charge in [-0.25, -0.2) is 0 Å². The minimum Gasteiger partial charge on any atom is -0.356 e. The van der Waals surface area contributed by atoms with Gasteiger partial charge in [-0.3, -0.25) is 9.78 Å². The zero-order valence-corrected chi connectivity index (χ0v) is 18.4. The van der Waals surface area contributed by atoms with Crippen LogP contribution < -0.4 is 16.0 Å². The number of amides is 1. The molecule has 0 aliphatic heterocycles. The molecule has 1 amide bonds. The summed E-state index contributed by atoms with van der Waals surface area (Å²) in [5.74, 6) is 0.00806. The molecule has 0 fully saturated rings. The maximum absolute atomic E-state index is 12.4. The molecule has 0 radical (unpaired) electrons. The summed E-state index contributed by atoms with van der Waals surface area (Å²) in [5.41, 5.74) is 5.42. The molecule has 1 unspecified atom stereocenters. The molecule has 1 aromatic heterocycles. The molecule has 1 aliphatic rings. The summed E-state index contributed by atoms with van der Waals surface area (Å²) in [5, 5.41) is 9.82. The van der Waals surface area contributed by atoms with Crippen molar-refractivity contribution < 1.29 is 4.79 Å². The molecule has 1 aromatic carbocycles. The van der Waals surface area contributed by atoms with E-state index in [-0.39, 0.29) is 11.8 Å². The van der Waals surface area contributed by atoms with E-state index in [2.05, 4.69) is 77.3 Å². The second-order valence-electron chi connectivity index (χ2n) is 7.67. The van der Waals surface area contributed by atoms with Crippen molar-refractivity contribution in [1.82, 2.24) is 15.6 Å². The number of anilines is 1. The van der Waals surface area contributed by atoms with E-state index in [0.717, 1.165) is 47.6 Å². The SMILES string of the molecule is CCNCCCNC(=O)C1C=C(C)C(Nc2cccc(/C=C/c3ccncc3)c2)=CC1. The van der Waals surface area contributed by atoms with Crippen molar-refractivity contribution in [3.8, 4) is 0 Å². The van der Waals surface area contributed by atoms with E-state index in [4.69, 9.17) is 0 Å². The van der Waals surface area contributed by atoms with Gasteiger partial charge in [-0.2, -0.15) is 0 Å². The molecule has 2 aromatic rings. The maximum atomic E-state index is 12.4. The largest absolute Gasteiger partial charge is 0.356 e. The molecule has 5 nitrogen and oxygen atoms in total. The number of hydrogen-bond acceptors (Lipinski definition) is 4. The predicted molar refractivity (Wildman–Crippen MR) is 129 cm³/mol. The highest BCUT2D eigenvalue weighted by molar-refractivity contribution is 5.81. The first kappa shape index (κ1) is 22.5. The van der Waals surface area contributed by atoms with Crippen LogP contribution >= 0.6 is 0 Å². The summed E-state index contributed by atoms with van der Waals surface area (Å²) in [6, 6.07) is 12.3. The zero-order valence-electron chi connectivity index (χ0n) is 18.4. The summed E-state index contributed by atoms with van der Waals surface area (Å²) in [6.07, 6.45) is 13.6. The number of benzene rings is 1. The minimum atomic E-state index is -0.0979. The van der Waals surface area contributed by atoms with Crippen molar-refractivity contribution >= 4 is 23.7 Å². The molecule has 3 rings (SSSR count). The number of carbonyl (C=O) groups excluding carboxylic acids is 1. The van der Waals surface area contributed by atoms with E-state index < -0.39 is 0 Å². The van der Waals surface area contributed by atoms with E-state index in [1.54, 1.807) is 12.4 Å². The standard InChI is InChI=1S/C26H32N4O/c1-3-27-14-5-15-29-26(31)23-10-11-25(20(2)18-23)30-24-7-4-6-22(19-24)9-8-21-12-16-28-17-13-21/h4,6-9,11-13,16-19,23,27,30H,3,5,10,14-15H2,1-2H3,(H,29,31)/b9-8+. The average molecular weight is 417 g/mol. The van der Waals surface area contributed by atoms with Crippen LogP contribution in [-0.4, -0.2) is 30.5 Å². The Kier molecular flexibility index (Phi) is 8.61. The first-order valence-corrected chi connectivity index (χ1v) is 11.0. The second-order valence-corrected chi connectivity index (χ2v) is 7.67. The Labute approximate surface area is 185 Å². The first-order chi connectivity index (χ1) is 15.2. The van der Waals surface area contributed by atoms with E-state index in [9.17, 15) is 4.79 Å². The highest BCUT2D eigenvalue weighted by atomic mass is 16.1. The highest BCUT2D eigenvalue weighted by Crippen LogP contribution is 2.25. The number of rotatable bonds is 10. The number of nitrogens with zero attached hydrogens (tertiary/aromatic N) is 1. The van der Waals surface area contributed by atoms with Gasteiger partial charge in [-0.1, -0.05) is 43.4 Å². The molecule has 5 heteroatoms. The van der Waals surface area contributed by atoms with Gasteiger partial charge in [0.2, 0.25) is 5.91 Å². The Morgan fingerprint density at radius 1 is 1.13 bits per heavy atom. The summed E-state index contributed by atoms with van der Waals surface area (Å²) in [4.78, 5) is 16.5. The van der Waals surface area contributed by atoms with E-state index in [1.165, 1.54) is 0 Å². The van der Waals surface area contributed by atoms with Gasteiger partial charge >= 0.3 is 0 Å². The number of carbonyl (C=O) groups is 1. The lowest BCUT2D eigenvalue weighted by Crippen LogP contribution is -2.32. The third-order valence-corrected chi connectivity index (χ3v) is 5.21. The fourth-order valence-corrected chi connectivity index (χ4v) is 3.47. The van der Waals surface area contributed by atoms with Crippen LogP contribution in [0.25, 0.3) is 12.2 Å². The molecule has 0 saturated heterocycles. The molecule has 0 bridgehead atoms. The molecular formula is C26H32N4O. The van der Waals surface area contributed by atoms with Gasteiger partial charge in [0.1, 0.15) is 0 Å². The quantitative estimate of drug-likeness (QED) is 0.494. The smallest absolute Gasteiger partial charge is 0.227 e. The van der Waals surface area contributed by atoms with Crippen LogP contribution in [0.15, 0.2) is 72.2 Å². The molecular weight excluding hydrogens is 384 g/mol. The van der Waals surface area contributed by atoms with Crippen molar-refractivity contribution in [3.63, 3.8) is 0 Å². The molecule has 1 aliphatic carbocycles. The third-order valence-electron chi connectivity index (χ3n) is 5.21. The van der Waals surface area contributed by atoms with Crippen molar-refractivity contribution in [2.24, 2.45) is 5.92 Å². The van der Waals surface area contributed by atoms with Gasteiger partial charge in [-0.05, 0) is 73.8 Å². The Morgan fingerprint density at radius 3 is 2.71 bits per heavy atom. The van der Waals surface area contributed by atoms with E-state index >= 15 is 0 Å². The first-order valence-electron chi connectivity index (χ1n) is 11.0. The number of aromatic nitrogens is 1. The summed E-state index contributed by atoms with van der Waals surface area (Å²) >= 11 is 0. The number of pyridine rings is 1. The molecule has 162 valence electrons. The second kappa shape index (κ2) is 11.9. The summed E-state index contributed by atoms with van der Waals surface area (Å²) in [7, 11) is 0. The van der Waals surface area contributed by atoms with Gasteiger partial charge in [0.05, 0.1) is 5.92 Å². The molecule has 0 spiro atoms. The molecule has 31 heavy (non-hydrogen) atoms. The molecule has 3 N–H and O–H groups in total. The fraction of sp³-hybridized carbons (Fsp3) is 0.308. The van der Waals surface area contributed by atoms with Crippen LogP contribution in [0.4, 0.5) is 5.69 Å². The molecule has 1 atom stereocenters. The summed E-state index contributed by atoms with van der Waals surface area (Å²) in [6.45, 7) is 6.74. The van der Waals surface area contributed by atoms with Gasteiger partial charge in [0.15, 0.2) is 0 Å². The zero-order chi connectivity index (χ0) is 21.9. The Balaban J connectivity index is 1.54. The van der Waals surface area contributed by atoms with Crippen LogP contribution in [0.1, 0.15) is 37.8 Å². The number of allylic oxidation sites excluding steroid dienone is 2. The molecule has 1 heterocycles. The van der Waals surface area contributed by atoms with Crippen molar-refractivity contribution in [2.45, 2.75) is 26.7 Å². The maximum Gasteiger partial charge on any atom is 0.227 e. The third kappa shape index (κ3) is 7.23. The predicted octanol–water partition coefficient (Wildman–Crippen LogP) is 4.63. The van der Waals surface area contributed by atoms with Crippen molar-refractivity contribution in [2.75, 3.05) is 25.0 Å². The Bertz CT molecular complexity index is 947. The monoisotopic (exact) mass is 416 g/mol. The average Bonchev–Trinajstić information content (AvgIpc) is 2.80. The summed E-state index contributed by atoms with van der Waals surface area (Å²) < 4.78 is 0. The Hall–Kier alpha value is -3.18. The molecule has 0 saturated carbocycles. The van der Waals surface area contributed by atoms with Crippen molar-refractivity contribution in [1.29, 1.82) is 0 Å². The highest BCUT2D eigenvalue weighted by Gasteiger charge is 2.19. The number of hydrogen-bond donors (Lipinski definition) is 3. The fourth-order valence-electron chi connectivity index (χ4n) is 3.47. The van der Waals surface area contributed by atoms with Crippen LogP contribution in [0, 0.1) is 5.92 Å². The Morgan fingerprint density at radius 2 is 1.94 bits per heavy atom. The normalized spacial score (nSPS) is 16.0. The van der Waals surface area contributed by atoms with Gasteiger partial charge in [0, 0.05) is 30.3 Å². The van der Waals surface area contributed by atoms with Crippen LogP contribution in [0.5, 0.6) is 0 Å². The lowest BCUT2D eigenvalue weighted by atomic mass is 9.93.